The quantitative estimate of drug-likeness (QED) is 0.857. The normalized spacial score (nSPS) is 17.9. The van der Waals surface area contributed by atoms with Crippen molar-refractivity contribution >= 4 is 0 Å². The Bertz CT molecular complexity index is 339. The molecule has 0 unspecified atom stereocenters. The summed E-state index contributed by atoms with van der Waals surface area (Å²) in [7, 11) is 0. The van der Waals surface area contributed by atoms with E-state index in [1.165, 1.54) is 37.8 Å². The van der Waals surface area contributed by atoms with E-state index in [0.717, 1.165) is 19.0 Å². The van der Waals surface area contributed by atoms with Crippen LogP contribution in [0.2, 0.25) is 0 Å². The van der Waals surface area contributed by atoms with Gasteiger partial charge < -0.3 is 5.32 Å². The van der Waals surface area contributed by atoms with Crippen molar-refractivity contribution in [3.63, 3.8) is 0 Å². The molecular formula is C16H26N2. The molecule has 0 atom stereocenters. The van der Waals surface area contributed by atoms with E-state index < -0.39 is 0 Å². The Labute approximate surface area is 111 Å². The van der Waals surface area contributed by atoms with Gasteiger partial charge in [-0.05, 0) is 37.9 Å². The first-order valence-corrected chi connectivity index (χ1v) is 7.33. The molecule has 1 aromatic rings. The van der Waals surface area contributed by atoms with Crippen molar-refractivity contribution < 1.29 is 0 Å². The van der Waals surface area contributed by atoms with Gasteiger partial charge >= 0.3 is 0 Å². The smallest absolute Gasteiger partial charge is 0.0460 e. The molecule has 100 valence electrons. The molecule has 2 rings (SSSR count). The SMILES string of the molecule is CC(C)(CCNC1CCCCC1)c1ccccn1. The first-order valence-electron chi connectivity index (χ1n) is 7.33. The third-order valence-electron chi connectivity index (χ3n) is 4.15. The van der Waals surface area contributed by atoms with E-state index in [2.05, 4.69) is 36.3 Å². The summed E-state index contributed by atoms with van der Waals surface area (Å²) in [4.78, 5) is 4.49. The molecule has 18 heavy (non-hydrogen) atoms. The predicted molar refractivity (Wildman–Crippen MR) is 76.8 cm³/mol. The fourth-order valence-corrected chi connectivity index (χ4v) is 2.79. The van der Waals surface area contributed by atoms with Gasteiger partial charge in [-0.15, -0.1) is 0 Å². The van der Waals surface area contributed by atoms with Crippen molar-refractivity contribution in [2.45, 2.75) is 63.8 Å². The summed E-state index contributed by atoms with van der Waals surface area (Å²) in [6.07, 6.45) is 10.0. The molecule has 0 radical (unpaired) electrons. The minimum atomic E-state index is 0.170. The highest BCUT2D eigenvalue weighted by atomic mass is 14.9. The number of nitrogens with one attached hydrogen (secondary N) is 1. The number of aromatic nitrogens is 1. The van der Waals surface area contributed by atoms with Gasteiger partial charge in [0, 0.05) is 23.3 Å². The maximum Gasteiger partial charge on any atom is 0.0460 e. The molecule has 1 N–H and O–H groups in total. The second-order valence-electron chi connectivity index (χ2n) is 6.14. The third-order valence-corrected chi connectivity index (χ3v) is 4.15. The largest absolute Gasteiger partial charge is 0.314 e. The first-order chi connectivity index (χ1) is 8.68. The lowest BCUT2D eigenvalue weighted by Gasteiger charge is -2.27. The molecule has 1 heterocycles. The monoisotopic (exact) mass is 246 g/mol. The Kier molecular flexibility index (Phi) is 4.76. The van der Waals surface area contributed by atoms with Crippen molar-refractivity contribution in [3.8, 4) is 0 Å². The number of pyridine rings is 1. The maximum atomic E-state index is 4.49. The Morgan fingerprint density at radius 3 is 2.67 bits per heavy atom. The zero-order valence-electron chi connectivity index (χ0n) is 11.8. The molecule has 0 amide bonds. The fourth-order valence-electron chi connectivity index (χ4n) is 2.79. The zero-order valence-corrected chi connectivity index (χ0v) is 11.8. The predicted octanol–water partition coefficient (Wildman–Crippen LogP) is 3.67. The maximum absolute atomic E-state index is 4.49. The molecule has 1 aliphatic rings. The molecule has 0 aromatic carbocycles. The summed E-state index contributed by atoms with van der Waals surface area (Å²) in [6, 6.07) is 6.97. The van der Waals surface area contributed by atoms with Crippen molar-refractivity contribution in [1.29, 1.82) is 0 Å². The molecule has 0 saturated heterocycles. The molecule has 1 aliphatic carbocycles. The molecule has 0 spiro atoms. The first kappa shape index (κ1) is 13.5. The van der Waals surface area contributed by atoms with Crippen molar-refractivity contribution in [1.82, 2.24) is 10.3 Å². The minimum absolute atomic E-state index is 0.170. The van der Waals surface area contributed by atoms with E-state index in [0.29, 0.717) is 0 Å². The van der Waals surface area contributed by atoms with Gasteiger partial charge in [0.1, 0.15) is 0 Å². The van der Waals surface area contributed by atoms with E-state index in [-0.39, 0.29) is 5.41 Å². The molecule has 1 aromatic heterocycles. The van der Waals surface area contributed by atoms with Crippen LogP contribution in [-0.4, -0.2) is 17.6 Å². The van der Waals surface area contributed by atoms with Crippen molar-refractivity contribution in [2.24, 2.45) is 0 Å². The van der Waals surface area contributed by atoms with Crippen LogP contribution in [0.4, 0.5) is 0 Å². The summed E-state index contributed by atoms with van der Waals surface area (Å²) < 4.78 is 0. The van der Waals surface area contributed by atoms with Gasteiger partial charge in [-0.1, -0.05) is 39.2 Å². The molecule has 2 heteroatoms. The van der Waals surface area contributed by atoms with Crippen LogP contribution in [0.1, 0.15) is 58.1 Å². The highest BCUT2D eigenvalue weighted by Gasteiger charge is 2.22. The van der Waals surface area contributed by atoms with Gasteiger partial charge in [-0.2, -0.15) is 0 Å². The average Bonchev–Trinajstić information content (AvgIpc) is 2.41. The number of nitrogens with zero attached hydrogens (tertiary/aromatic N) is 1. The van der Waals surface area contributed by atoms with Crippen LogP contribution < -0.4 is 5.32 Å². The minimum Gasteiger partial charge on any atom is -0.314 e. The van der Waals surface area contributed by atoms with Crippen LogP contribution >= 0.6 is 0 Å². The average molecular weight is 246 g/mol. The van der Waals surface area contributed by atoms with Crippen molar-refractivity contribution in [2.75, 3.05) is 6.54 Å². The Balaban J connectivity index is 1.78. The Morgan fingerprint density at radius 2 is 2.00 bits per heavy atom. The van der Waals surface area contributed by atoms with Crippen LogP contribution in [0, 0.1) is 0 Å². The highest BCUT2D eigenvalue weighted by Crippen LogP contribution is 2.25. The van der Waals surface area contributed by atoms with E-state index in [4.69, 9.17) is 0 Å². The summed E-state index contributed by atoms with van der Waals surface area (Å²) >= 11 is 0. The van der Waals surface area contributed by atoms with Crippen LogP contribution in [0.5, 0.6) is 0 Å². The lowest BCUT2D eigenvalue weighted by atomic mass is 9.85. The lowest BCUT2D eigenvalue weighted by Crippen LogP contribution is -2.34. The number of rotatable bonds is 5. The summed E-state index contributed by atoms with van der Waals surface area (Å²) in [5, 5.41) is 3.72. The molecule has 0 aliphatic heterocycles. The molecular weight excluding hydrogens is 220 g/mol. The van der Waals surface area contributed by atoms with Crippen LogP contribution in [0.15, 0.2) is 24.4 Å². The summed E-state index contributed by atoms with van der Waals surface area (Å²) in [5.41, 5.74) is 1.37. The molecule has 2 nitrogen and oxygen atoms in total. The third kappa shape index (κ3) is 3.81. The van der Waals surface area contributed by atoms with E-state index in [9.17, 15) is 0 Å². The van der Waals surface area contributed by atoms with Crippen LogP contribution in [0.25, 0.3) is 0 Å². The summed E-state index contributed by atoms with van der Waals surface area (Å²) in [5.74, 6) is 0. The van der Waals surface area contributed by atoms with Gasteiger partial charge in [0.25, 0.3) is 0 Å². The second-order valence-corrected chi connectivity index (χ2v) is 6.14. The van der Waals surface area contributed by atoms with Crippen molar-refractivity contribution in [3.05, 3.63) is 30.1 Å². The zero-order chi connectivity index (χ0) is 12.8. The van der Waals surface area contributed by atoms with E-state index in [1.54, 1.807) is 0 Å². The lowest BCUT2D eigenvalue weighted by molar-refractivity contribution is 0.351. The second kappa shape index (κ2) is 6.33. The number of hydrogen-bond donors (Lipinski definition) is 1. The Morgan fingerprint density at radius 1 is 1.22 bits per heavy atom. The van der Waals surface area contributed by atoms with Gasteiger partial charge in [-0.3, -0.25) is 4.98 Å². The number of hydrogen-bond acceptors (Lipinski definition) is 2. The van der Waals surface area contributed by atoms with Gasteiger partial charge in [-0.25, -0.2) is 0 Å². The van der Waals surface area contributed by atoms with Gasteiger partial charge in [0.15, 0.2) is 0 Å². The standard InChI is InChI=1S/C16H26N2/c1-16(2,15-10-6-7-12-18-15)11-13-17-14-8-4-3-5-9-14/h6-7,10,12,14,17H,3-5,8-9,11,13H2,1-2H3. The molecule has 1 saturated carbocycles. The molecule has 1 fully saturated rings. The molecule has 0 bridgehead atoms. The summed E-state index contributed by atoms with van der Waals surface area (Å²) in [6.45, 7) is 5.68. The van der Waals surface area contributed by atoms with Gasteiger partial charge in [0.2, 0.25) is 0 Å². The topological polar surface area (TPSA) is 24.9 Å². The fraction of sp³-hybridized carbons (Fsp3) is 0.688. The van der Waals surface area contributed by atoms with Crippen LogP contribution in [-0.2, 0) is 5.41 Å². The highest BCUT2D eigenvalue weighted by molar-refractivity contribution is 5.14. The van der Waals surface area contributed by atoms with Crippen LogP contribution in [0.3, 0.4) is 0 Å². The van der Waals surface area contributed by atoms with Gasteiger partial charge in [0.05, 0.1) is 0 Å². The Hall–Kier alpha value is -0.890. The van der Waals surface area contributed by atoms with E-state index >= 15 is 0 Å². The van der Waals surface area contributed by atoms with E-state index in [1.807, 2.05) is 12.3 Å².